The molecule has 144 valence electrons. The average molecular weight is 383 g/mol. The minimum absolute atomic E-state index is 0.183. The number of aryl methyl sites for hydroxylation is 1. The number of rotatable bonds is 5. The van der Waals surface area contributed by atoms with Gasteiger partial charge in [0.25, 0.3) is 0 Å². The van der Waals surface area contributed by atoms with Gasteiger partial charge in [0.2, 0.25) is 5.43 Å². The average Bonchev–Trinajstić information content (AvgIpc) is 2.76. The molecule has 3 aromatic carbocycles. The van der Waals surface area contributed by atoms with Crippen LogP contribution >= 0.6 is 0 Å². The van der Waals surface area contributed by atoms with Crippen molar-refractivity contribution in [3.05, 3.63) is 111 Å². The Morgan fingerprint density at radius 3 is 2.38 bits per heavy atom. The molecule has 4 rings (SSSR count). The smallest absolute Gasteiger partial charge is 0.200 e. The molecule has 0 unspecified atom stereocenters. The van der Waals surface area contributed by atoms with Crippen LogP contribution in [0.5, 0.6) is 5.75 Å². The van der Waals surface area contributed by atoms with Crippen LogP contribution in [-0.2, 0) is 6.54 Å². The van der Waals surface area contributed by atoms with E-state index < -0.39 is 0 Å². The molecule has 0 N–H and O–H groups in total. The van der Waals surface area contributed by atoms with Gasteiger partial charge in [0.05, 0.1) is 18.2 Å². The topological polar surface area (TPSA) is 48.3 Å². The summed E-state index contributed by atoms with van der Waals surface area (Å²) >= 11 is 0. The zero-order valence-corrected chi connectivity index (χ0v) is 16.4. The number of carbonyl (C=O) groups is 1. The maximum Gasteiger partial charge on any atom is 0.200 e. The molecular formula is C25H21NO3. The van der Waals surface area contributed by atoms with E-state index >= 15 is 0 Å². The fourth-order valence-electron chi connectivity index (χ4n) is 3.48. The van der Waals surface area contributed by atoms with E-state index in [1.54, 1.807) is 37.6 Å². The molecule has 0 atom stereocenters. The Bertz CT molecular complexity index is 1240. The second-order valence-electron chi connectivity index (χ2n) is 7.06. The molecule has 0 spiro atoms. The van der Waals surface area contributed by atoms with Crippen molar-refractivity contribution in [2.75, 3.05) is 7.11 Å². The number of pyridine rings is 1. The molecule has 0 bridgehead atoms. The van der Waals surface area contributed by atoms with Crippen LogP contribution < -0.4 is 10.2 Å². The first-order valence-corrected chi connectivity index (χ1v) is 9.43. The highest BCUT2D eigenvalue weighted by atomic mass is 16.5. The Labute approximate surface area is 169 Å². The number of ketones is 1. The molecule has 1 aromatic heterocycles. The Balaban J connectivity index is 1.87. The first kappa shape index (κ1) is 18.7. The summed E-state index contributed by atoms with van der Waals surface area (Å²) in [5, 5.41) is 0.556. The second kappa shape index (κ2) is 7.76. The quantitative estimate of drug-likeness (QED) is 0.473. The summed E-state index contributed by atoms with van der Waals surface area (Å²) in [5.41, 5.74) is 3.30. The Morgan fingerprint density at radius 2 is 1.69 bits per heavy atom. The highest BCUT2D eigenvalue weighted by Gasteiger charge is 2.17. The molecule has 0 saturated carbocycles. The number of hydrogen-bond acceptors (Lipinski definition) is 3. The van der Waals surface area contributed by atoms with Crippen LogP contribution in [0.25, 0.3) is 10.9 Å². The van der Waals surface area contributed by atoms with E-state index in [-0.39, 0.29) is 16.8 Å². The number of aromatic nitrogens is 1. The summed E-state index contributed by atoms with van der Waals surface area (Å²) in [6.07, 6.45) is 1.68. The van der Waals surface area contributed by atoms with Gasteiger partial charge in [0, 0.05) is 23.7 Å². The van der Waals surface area contributed by atoms with Gasteiger partial charge in [-0.2, -0.15) is 0 Å². The monoisotopic (exact) mass is 383 g/mol. The number of methoxy groups -OCH3 is 1. The van der Waals surface area contributed by atoms with Crippen LogP contribution in [0.1, 0.15) is 27.0 Å². The highest BCUT2D eigenvalue weighted by Crippen LogP contribution is 2.19. The maximum absolute atomic E-state index is 13.1. The maximum atomic E-state index is 13.1. The lowest BCUT2D eigenvalue weighted by molar-refractivity contribution is 0.103. The third-order valence-electron chi connectivity index (χ3n) is 5.03. The molecule has 0 radical (unpaired) electrons. The normalized spacial score (nSPS) is 10.8. The minimum Gasteiger partial charge on any atom is -0.497 e. The van der Waals surface area contributed by atoms with Crippen molar-refractivity contribution in [2.24, 2.45) is 0 Å². The number of benzene rings is 3. The third-order valence-corrected chi connectivity index (χ3v) is 5.03. The first-order valence-electron chi connectivity index (χ1n) is 9.43. The molecular weight excluding hydrogens is 362 g/mol. The van der Waals surface area contributed by atoms with Gasteiger partial charge < -0.3 is 9.30 Å². The standard InChI is InChI=1S/C25H21NO3/c1-17-8-13-23-21(14-17)25(28)22(24(27)19-6-4-3-5-7-19)16-26(23)15-18-9-11-20(29-2)12-10-18/h3-14,16H,15H2,1-2H3. The fraction of sp³-hybridized carbons (Fsp3) is 0.120. The molecule has 4 heteroatoms. The van der Waals surface area contributed by atoms with E-state index in [9.17, 15) is 9.59 Å². The van der Waals surface area contributed by atoms with Crippen molar-refractivity contribution in [3.8, 4) is 5.75 Å². The minimum atomic E-state index is -0.262. The summed E-state index contributed by atoms with van der Waals surface area (Å²) < 4.78 is 7.19. The molecule has 4 aromatic rings. The SMILES string of the molecule is COc1ccc(Cn2cc(C(=O)c3ccccc3)c(=O)c3cc(C)ccc32)cc1. The summed E-state index contributed by atoms with van der Waals surface area (Å²) in [6, 6.07) is 22.4. The van der Waals surface area contributed by atoms with Gasteiger partial charge in [-0.15, -0.1) is 0 Å². The number of hydrogen-bond donors (Lipinski definition) is 0. The lowest BCUT2D eigenvalue weighted by Crippen LogP contribution is -2.20. The van der Waals surface area contributed by atoms with Crippen molar-refractivity contribution in [3.63, 3.8) is 0 Å². The molecule has 0 aliphatic heterocycles. The Kier molecular flexibility index (Phi) is 5.00. The number of fused-ring (bicyclic) bond motifs is 1. The molecule has 0 amide bonds. The summed E-state index contributed by atoms with van der Waals surface area (Å²) in [4.78, 5) is 26.2. The van der Waals surface area contributed by atoms with Crippen molar-refractivity contribution < 1.29 is 9.53 Å². The van der Waals surface area contributed by atoms with E-state index in [0.29, 0.717) is 17.5 Å². The van der Waals surface area contributed by atoms with Crippen molar-refractivity contribution in [1.29, 1.82) is 0 Å². The van der Waals surface area contributed by atoms with Crippen LogP contribution in [0, 0.1) is 6.92 Å². The van der Waals surface area contributed by atoms with Gasteiger partial charge in [-0.05, 0) is 36.8 Å². The Morgan fingerprint density at radius 1 is 0.966 bits per heavy atom. The lowest BCUT2D eigenvalue weighted by atomic mass is 10.0. The number of carbonyl (C=O) groups excluding carboxylic acids is 1. The van der Waals surface area contributed by atoms with E-state index in [0.717, 1.165) is 22.4 Å². The first-order chi connectivity index (χ1) is 14.1. The van der Waals surface area contributed by atoms with E-state index in [1.807, 2.05) is 60.0 Å². The van der Waals surface area contributed by atoms with Crippen molar-refractivity contribution in [2.45, 2.75) is 13.5 Å². The molecule has 1 heterocycles. The van der Waals surface area contributed by atoms with Crippen molar-refractivity contribution in [1.82, 2.24) is 4.57 Å². The van der Waals surface area contributed by atoms with Crippen LogP contribution in [0.2, 0.25) is 0 Å². The van der Waals surface area contributed by atoms with E-state index in [1.165, 1.54) is 0 Å². The van der Waals surface area contributed by atoms with Crippen LogP contribution in [0.15, 0.2) is 83.8 Å². The van der Waals surface area contributed by atoms with Gasteiger partial charge in [-0.25, -0.2) is 0 Å². The second-order valence-corrected chi connectivity index (χ2v) is 7.06. The molecule has 0 aliphatic rings. The zero-order valence-electron chi connectivity index (χ0n) is 16.4. The molecule has 0 aliphatic carbocycles. The van der Waals surface area contributed by atoms with E-state index in [4.69, 9.17) is 4.74 Å². The van der Waals surface area contributed by atoms with Gasteiger partial charge in [0.15, 0.2) is 5.78 Å². The number of nitrogens with zero attached hydrogens (tertiary/aromatic N) is 1. The molecule has 29 heavy (non-hydrogen) atoms. The predicted molar refractivity (Wildman–Crippen MR) is 115 cm³/mol. The number of ether oxygens (including phenoxy) is 1. The largest absolute Gasteiger partial charge is 0.497 e. The molecule has 4 nitrogen and oxygen atoms in total. The predicted octanol–water partition coefficient (Wildman–Crippen LogP) is 4.60. The summed E-state index contributed by atoms with van der Waals surface area (Å²) in [5.74, 6) is 0.525. The van der Waals surface area contributed by atoms with Gasteiger partial charge in [-0.3, -0.25) is 9.59 Å². The molecule has 0 saturated heterocycles. The molecule has 0 fully saturated rings. The van der Waals surface area contributed by atoms with Gasteiger partial charge in [0.1, 0.15) is 5.75 Å². The lowest BCUT2D eigenvalue weighted by Gasteiger charge is -2.14. The zero-order chi connectivity index (χ0) is 20.4. The summed E-state index contributed by atoms with van der Waals surface area (Å²) in [6.45, 7) is 2.48. The Hall–Kier alpha value is -3.66. The fourth-order valence-corrected chi connectivity index (χ4v) is 3.48. The van der Waals surface area contributed by atoms with Crippen molar-refractivity contribution >= 4 is 16.7 Å². The summed E-state index contributed by atoms with van der Waals surface area (Å²) in [7, 11) is 1.63. The third kappa shape index (κ3) is 3.69. The van der Waals surface area contributed by atoms with Crippen LogP contribution in [0.3, 0.4) is 0 Å². The van der Waals surface area contributed by atoms with Gasteiger partial charge in [-0.1, -0.05) is 54.1 Å². The van der Waals surface area contributed by atoms with E-state index in [2.05, 4.69) is 0 Å². The van der Waals surface area contributed by atoms with Gasteiger partial charge >= 0.3 is 0 Å². The highest BCUT2D eigenvalue weighted by molar-refractivity contribution is 6.10. The van der Waals surface area contributed by atoms with Crippen LogP contribution in [-0.4, -0.2) is 17.5 Å². The van der Waals surface area contributed by atoms with Crippen LogP contribution in [0.4, 0.5) is 0 Å².